The number of aromatic nitrogens is 6. The average Bonchev–Trinajstić information content (AvgIpc) is 3.94. The van der Waals surface area contributed by atoms with Gasteiger partial charge in [0.2, 0.25) is 0 Å². The van der Waals surface area contributed by atoms with E-state index in [1.807, 2.05) is 106 Å². The monoisotopic (exact) mass is 652 g/mol. The van der Waals surface area contributed by atoms with E-state index in [9.17, 15) is 4.79 Å². The second-order valence-corrected chi connectivity index (χ2v) is 12.6. The van der Waals surface area contributed by atoms with Crippen LogP contribution in [0.25, 0.3) is 55.7 Å². The van der Waals surface area contributed by atoms with Crippen molar-refractivity contribution in [1.82, 2.24) is 30.0 Å². The fraction of sp³-hybridized carbons (Fsp3) is 0.0976. The van der Waals surface area contributed by atoms with Gasteiger partial charge < -0.3 is 9.47 Å². The van der Waals surface area contributed by atoms with Gasteiger partial charge in [0.05, 0.1) is 22.4 Å². The van der Waals surface area contributed by atoms with Crippen LogP contribution in [0.5, 0.6) is 0 Å². The van der Waals surface area contributed by atoms with Gasteiger partial charge in [0.1, 0.15) is 24.2 Å². The van der Waals surface area contributed by atoms with Crippen LogP contribution in [0.4, 0.5) is 4.79 Å². The van der Waals surface area contributed by atoms with E-state index in [1.165, 1.54) is 0 Å². The molecule has 2 aliphatic carbocycles. The summed E-state index contributed by atoms with van der Waals surface area (Å²) in [6.07, 6.45) is -0.714. The first-order valence-corrected chi connectivity index (χ1v) is 16.6. The van der Waals surface area contributed by atoms with Gasteiger partial charge in [-0.15, -0.1) is 10.2 Å². The molecule has 240 valence electrons. The molecular formula is C41H28N6O3. The summed E-state index contributed by atoms with van der Waals surface area (Å²) in [5.41, 5.74) is 13.9. The number of para-hydroxylation sites is 2. The van der Waals surface area contributed by atoms with Crippen molar-refractivity contribution in [3.05, 3.63) is 156 Å². The van der Waals surface area contributed by atoms with Gasteiger partial charge in [0.25, 0.3) is 0 Å². The van der Waals surface area contributed by atoms with Crippen LogP contribution < -0.4 is 0 Å². The number of hydrogen-bond donors (Lipinski definition) is 0. The minimum atomic E-state index is -0.714. The SMILES string of the molecule is O=C(OCC1c2ccccc2-c2cccc(-n3nnc4ccccc43)c21)OCC1c2ccccc2-c2cccc(-n3nnc4ccccc43)c21. The number of carbonyl (C=O) groups is 1. The zero-order valence-electron chi connectivity index (χ0n) is 26.7. The molecule has 0 N–H and O–H groups in total. The Kier molecular flexibility index (Phi) is 6.38. The maximum atomic E-state index is 13.5. The van der Waals surface area contributed by atoms with Crippen molar-refractivity contribution in [3.8, 4) is 33.6 Å². The number of fused-ring (bicyclic) bond motifs is 8. The van der Waals surface area contributed by atoms with Crippen LogP contribution in [-0.4, -0.2) is 49.4 Å². The van der Waals surface area contributed by atoms with E-state index in [2.05, 4.69) is 57.0 Å². The van der Waals surface area contributed by atoms with Crippen molar-refractivity contribution in [1.29, 1.82) is 0 Å². The van der Waals surface area contributed by atoms with Gasteiger partial charge in [-0.3, -0.25) is 0 Å². The Balaban J connectivity index is 0.953. The molecule has 0 radical (unpaired) electrons. The van der Waals surface area contributed by atoms with Gasteiger partial charge in [-0.1, -0.05) is 107 Å². The number of hydrogen-bond acceptors (Lipinski definition) is 7. The van der Waals surface area contributed by atoms with E-state index in [1.54, 1.807) is 0 Å². The van der Waals surface area contributed by atoms with Gasteiger partial charge in [-0.05, 0) is 80.9 Å². The summed E-state index contributed by atoms with van der Waals surface area (Å²) >= 11 is 0. The molecule has 2 aromatic heterocycles. The third-order valence-electron chi connectivity index (χ3n) is 10.0. The van der Waals surface area contributed by atoms with Crippen molar-refractivity contribution >= 4 is 28.2 Å². The molecule has 2 atom stereocenters. The molecule has 0 amide bonds. The lowest BCUT2D eigenvalue weighted by Gasteiger charge is -2.19. The highest BCUT2D eigenvalue weighted by Gasteiger charge is 2.35. The Bertz CT molecular complexity index is 2440. The maximum absolute atomic E-state index is 13.5. The number of nitrogens with zero attached hydrogens (tertiary/aromatic N) is 6. The molecule has 6 aromatic carbocycles. The molecule has 50 heavy (non-hydrogen) atoms. The molecule has 10 rings (SSSR count). The van der Waals surface area contributed by atoms with E-state index in [-0.39, 0.29) is 25.0 Å². The van der Waals surface area contributed by atoms with Crippen molar-refractivity contribution in [2.75, 3.05) is 13.2 Å². The topological polar surface area (TPSA) is 97.0 Å². The molecule has 2 unspecified atom stereocenters. The fourth-order valence-electron chi connectivity index (χ4n) is 7.87. The van der Waals surface area contributed by atoms with Crippen LogP contribution in [0.15, 0.2) is 133 Å². The first-order valence-electron chi connectivity index (χ1n) is 16.6. The predicted octanol–water partition coefficient (Wildman–Crippen LogP) is 8.23. The second-order valence-electron chi connectivity index (χ2n) is 12.6. The Morgan fingerprint density at radius 2 is 0.920 bits per heavy atom. The highest BCUT2D eigenvalue weighted by molar-refractivity contribution is 5.86. The average molecular weight is 653 g/mol. The minimum absolute atomic E-state index is 0.112. The van der Waals surface area contributed by atoms with E-state index < -0.39 is 6.16 Å². The van der Waals surface area contributed by atoms with Gasteiger partial charge >= 0.3 is 6.16 Å². The van der Waals surface area contributed by atoms with Crippen LogP contribution in [0.1, 0.15) is 34.1 Å². The highest BCUT2D eigenvalue weighted by atomic mass is 16.7. The third-order valence-corrected chi connectivity index (χ3v) is 10.0. The van der Waals surface area contributed by atoms with Gasteiger partial charge in [0, 0.05) is 11.8 Å². The largest absolute Gasteiger partial charge is 0.508 e. The lowest BCUT2D eigenvalue weighted by molar-refractivity contribution is 0.0515. The zero-order valence-corrected chi connectivity index (χ0v) is 26.7. The molecule has 0 bridgehead atoms. The fourth-order valence-corrected chi connectivity index (χ4v) is 7.87. The van der Waals surface area contributed by atoms with Gasteiger partial charge in [0.15, 0.2) is 0 Å². The van der Waals surface area contributed by atoms with E-state index in [0.717, 1.165) is 77.9 Å². The number of rotatable bonds is 6. The molecule has 8 aromatic rings. The quantitative estimate of drug-likeness (QED) is 0.167. The normalized spacial score (nSPS) is 15.4. The summed E-state index contributed by atoms with van der Waals surface area (Å²) in [6, 6.07) is 44.7. The third kappa shape index (κ3) is 4.29. The van der Waals surface area contributed by atoms with Crippen LogP contribution in [0.3, 0.4) is 0 Å². The molecule has 0 saturated carbocycles. The Hall–Kier alpha value is -6.61. The summed E-state index contributed by atoms with van der Waals surface area (Å²) < 4.78 is 15.7. The van der Waals surface area contributed by atoms with Crippen LogP contribution >= 0.6 is 0 Å². The van der Waals surface area contributed by atoms with Crippen LogP contribution in [0.2, 0.25) is 0 Å². The lowest BCUT2D eigenvalue weighted by Crippen LogP contribution is -2.18. The van der Waals surface area contributed by atoms with Crippen molar-refractivity contribution < 1.29 is 14.3 Å². The van der Waals surface area contributed by atoms with E-state index in [0.29, 0.717) is 0 Å². The molecule has 9 heteroatoms. The zero-order chi connectivity index (χ0) is 33.2. The maximum Gasteiger partial charge on any atom is 0.508 e. The van der Waals surface area contributed by atoms with Crippen LogP contribution in [-0.2, 0) is 9.47 Å². The molecule has 2 heterocycles. The molecule has 0 aliphatic heterocycles. The Morgan fingerprint density at radius 3 is 1.42 bits per heavy atom. The minimum Gasteiger partial charge on any atom is -0.433 e. The summed E-state index contributed by atoms with van der Waals surface area (Å²) in [6.45, 7) is 0.223. The lowest BCUT2D eigenvalue weighted by atomic mass is 9.96. The molecule has 2 aliphatic rings. The van der Waals surface area contributed by atoms with E-state index >= 15 is 0 Å². The molecule has 9 nitrogen and oxygen atoms in total. The smallest absolute Gasteiger partial charge is 0.433 e. The highest BCUT2D eigenvalue weighted by Crippen LogP contribution is 2.49. The first kappa shape index (κ1) is 28.4. The molecule has 0 spiro atoms. The van der Waals surface area contributed by atoms with Gasteiger partial charge in [-0.25, -0.2) is 14.2 Å². The summed E-state index contributed by atoms with van der Waals surface area (Å²) in [5.74, 6) is -0.430. The predicted molar refractivity (Wildman–Crippen MR) is 190 cm³/mol. The standard InChI is InChI=1S/C41H28N6O3/c48-41(49-23-31-27-13-3-1-11-25(27)29-15-9-21-37(39(29)31)46-35-19-7-5-17-33(35)42-44-46)50-24-32-28-14-4-2-12-26(28)30-16-10-22-38(40(30)32)47-36-20-8-6-18-34(36)43-45-47/h1-22,31-32H,23-24H2. The first-order chi connectivity index (χ1) is 24.7. The summed E-state index contributed by atoms with van der Waals surface area (Å²) in [4.78, 5) is 13.5. The number of benzene rings is 6. The molecule has 0 saturated heterocycles. The van der Waals surface area contributed by atoms with E-state index in [4.69, 9.17) is 9.47 Å². The Morgan fingerprint density at radius 1 is 0.500 bits per heavy atom. The Labute approximate surface area is 286 Å². The number of ether oxygens (including phenoxy) is 2. The van der Waals surface area contributed by atoms with Gasteiger partial charge in [-0.2, -0.15) is 0 Å². The van der Waals surface area contributed by atoms with Crippen molar-refractivity contribution in [2.24, 2.45) is 0 Å². The second kappa shape index (κ2) is 11.2. The summed E-state index contributed by atoms with van der Waals surface area (Å²) in [5, 5.41) is 17.8. The molecular weight excluding hydrogens is 624 g/mol. The summed E-state index contributed by atoms with van der Waals surface area (Å²) in [7, 11) is 0. The van der Waals surface area contributed by atoms with Crippen molar-refractivity contribution in [2.45, 2.75) is 11.8 Å². The molecule has 0 fully saturated rings. The number of carbonyl (C=O) groups excluding carboxylic acids is 1. The van der Waals surface area contributed by atoms with Crippen molar-refractivity contribution in [3.63, 3.8) is 0 Å². The van der Waals surface area contributed by atoms with Crippen LogP contribution in [0, 0.1) is 0 Å².